The van der Waals surface area contributed by atoms with Crippen molar-refractivity contribution in [2.75, 3.05) is 0 Å². The standard InChI is InChI=1S/C27H22NO.C14H16NSi.Ir/c1-17(2)23-15-24(28-16-18(23)3)21-12-7-13-22-26-20(19-9-5-4-6-10-19)11-8-14-25(26)29-27(21)22;1-16(2,3)13-9-10-14(15-11-13)12-7-5-4-6-8-12;/h4-11,13-17H,1-3H3;4-7,9-11H,1-3H3;/q2*-1;. The number of aromatic nitrogens is 2. The molecule has 0 N–H and O–H groups in total. The Morgan fingerprint density at radius 1 is 0.739 bits per heavy atom. The van der Waals surface area contributed by atoms with E-state index in [0.717, 1.165) is 44.5 Å². The first-order chi connectivity index (χ1) is 21.7. The first-order valence-corrected chi connectivity index (χ1v) is 19.0. The Kier molecular flexibility index (Phi) is 10.2. The average molecular weight is 795 g/mol. The predicted octanol–water partition coefficient (Wildman–Crippen LogP) is 10.6. The van der Waals surface area contributed by atoms with Gasteiger partial charge in [0, 0.05) is 37.9 Å². The molecule has 0 aliphatic carbocycles. The summed E-state index contributed by atoms with van der Waals surface area (Å²) >= 11 is 0. The summed E-state index contributed by atoms with van der Waals surface area (Å²) in [5.41, 5.74) is 10.5. The average Bonchev–Trinajstić information content (AvgIpc) is 3.45. The Balaban J connectivity index is 0.000000209. The Morgan fingerprint density at radius 3 is 2.17 bits per heavy atom. The van der Waals surface area contributed by atoms with Crippen LogP contribution in [0.3, 0.4) is 0 Å². The number of hydrogen-bond donors (Lipinski definition) is 0. The van der Waals surface area contributed by atoms with Gasteiger partial charge in [0.15, 0.2) is 0 Å². The Morgan fingerprint density at radius 2 is 1.50 bits per heavy atom. The van der Waals surface area contributed by atoms with Gasteiger partial charge in [-0.25, -0.2) is 0 Å². The maximum atomic E-state index is 6.36. The summed E-state index contributed by atoms with van der Waals surface area (Å²) in [4.78, 5) is 9.22. The zero-order chi connectivity index (χ0) is 31.6. The normalized spacial score (nSPS) is 11.3. The van der Waals surface area contributed by atoms with Crippen molar-refractivity contribution in [2.24, 2.45) is 0 Å². The quantitative estimate of drug-likeness (QED) is 0.129. The van der Waals surface area contributed by atoms with Crippen LogP contribution in [-0.4, -0.2) is 18.0 Å². The number of hydrogen-bond acceptors (Lipinski definition) is 3. The molecule has 1 radical (unpaired) electrons. The SMILES string of the molecule is C[Si](C)(C)c1ccc(-c2[c-]cccc2)nc1.Cc1cnc(-c2[c-]ccc3c2oc2cccc(-c4ccccc4)c23)cc1C(C)C.[Ir]. The summed E-state index contributed by atoms with van der Waals surface area (Å²) < 4.78 is 6.36. The summed E-state index contributed by atoms with van der Waals surface area (Å²) in [5, 5.41) is 3.63. The summed E-state index contributed by atoms with van der Waals surface area (Å²) in [6.07, 6.45) is 3.97. The molecule has 3 aromatic heterocycles. The van der Waals surface area contributed by atoms with E-state index in [9.17, 15) is 0 Å². The summed E-state index contributed by atoms with van der Waals surface area (Å²) in [6.45, 7) is 13.5. The Hall–Kier alpha value is -4.15. The van der Waals surface area contributed by atoms with Crippen molar-refractivity contribution in [3.63, 3.8) is 0 Å². The fraction of sp³-hybridized carbons (Fsp3) is 0.171. The molecule has 3 nitrogen and oxygen atoms in total. The second-order valence-electron chi connectivity index (χ2n) is 12.8. The largest absolute Gasteiger partial charge is 0.501 e. The van der Waals surface area contributed by atoms with Crippen LogP contribution in [0.15, 0.2) is 120 Å². The third-order valence-electron chi connectivity index (χ3n) is 8.18. The monoisotopic (exact) mass is 795 g/mol. The first-order valence-electron chi connectivity index (χ1n) is 15.5. The molecule has 0 bridgehead atoms. The van der Waals surface area contributed by atoms with E-state index in [2.05, 4.69) is 118 Å². The fourth-order valence-electron chi connectivity index (χ4n) is 5.69. The number of pyridine rings is 2. The first kappa shape index (κ1) is 33.2. The van der Waals surface area contributed by atoms with Crippen LogP contribution in [0.5, 0.6) is 0 Å². The minimum atomic E-state index is -1.23. The second kappa shape index (κ2) is 14.1. The molecule has 7 rings (SSSR count). The molecule has 5 heteroatoms. The van der Waals surface area contributed by atoms with Crippen LogP contribution < -0.4 is 5.19 Å². The number of aryl methyl sites for hydroxylation is 1. The molecule has 4 aromatic carbocycles. The molecule has 0 unspecified atom stereocenters. The molecule has 0 saturated carbocycles. The number of nitrogens with zero attached hydrogens (tertiary/aromatic N) is 2. The van der Waals surface area contributed by atoms with E-state index >= 15 is 0 Å². The van der Waals surface area contributed by atoms with Gasteiger partial charge < -0.3 is 14.4 Å². The van der Waals surface area contributed by atoms with E-state index < -0.39 is 8.07 Å². The van der Waals surface area contributed by atoms with Gasteiger partial charge in [-0.1, -0.05) is 105 Å². The van der Waals surface area contributed by atoms with Gasteiger partial charge in [-0.3, -0.25) is 0 Å². The van der Waals surface area contributed by atoms with Crippen molar-refractivity contribution in [3.8, 4) is 33.6 Å². The molecule has 233 valence electrons. The van der Waals surface area contributed by atoms with Crippen molar-refractivity contribution in [1.29, 1.82) is 0 Å². The van der Waals surface area contributed by atoms with Crippen LogP contribution in [0.4, 0.5) is 0 Å². The van der Waals surface area contributed by atoms with Crippen LogP contribution in [0.2, 0.25) is 19.6 Å². The van der Waals surface area contributed by atoms with Gasteiger partial charge in [0.1, 0.15) is 5.58 Å². The summed E-state index contributed by atoms with van der Waals surface area (Å²) in [7, 11) is -1.23. The van der Waals surface area contributed by atoms with Crippen molar-refractivity contribution in [1.82, 2.24) is 9.97 Å². The number of furan rings is 1. The van der Waals surface area contributed by atoms with Crippen molar-refractivity contribution >= 4 is 35.2 Å². The molecule has 46 heavy (non-hydrogen) atoms. The van der Waals surface area contributed by atoms with E-state index in [4.69, 9.17) is 9.40 Å². The Bertz CT molecular complexity index is 2060. The topological polar surface area (TPSA) is 38.9 Å². The maximum Gasteiger partial charge on any atom is 0.121 e. The molecule has 0 aliphatic heterocycles. The number of fused-ring (bicyclic) bond motifs is 3. The molecule has 3 heterocycles. The van der Waals surface area contributed by atoms with Crippen molar-refractivity contribution < 1.29 is 24.5 Å². The third-order valence-corrected chi connectivity index (χ3v) is 10.2. The van der Waals surface area contributed by atoms with E-state index in [1.807, 2.05) is 54.9 Å². The van der Waals surface area contributed by atoms with E-state index in [0.29, 0.717) is 5.92 Å². The fourth-order valence-corrected chi connectivity index (χ4v) is 6.72. The van der Waals surface area contributed by atoms with Crippen LogP contribution >= 0.6 is 0 Å². The minimum Gasteiger partial charge on any atom is -0.501 e. The van der Waals surface area contributed by atoms with E-state index in [1.54, 1.807) is 0 Å². The van der Waals surface area contributed by atoms with Gasteiger partial charge in [-0.2, -0.15) is 0 Å². The van der Waals surface area contributed by atoms with Gasteiger partial charge in [0.25, 0.3) is 0 Å². The number of rotatable bonds is 5. The zero-order valence-electron chi connectivity index (χ0n) is 27.2. The van der Waals surface area contributed by atoms with Gasteiger partial charge in [0.05, 0.1) is 13.7 Å². The molecule has 0 saturated heterocycles. The molecule has 0 amide bonds. The molecule has 0 spiro atoms. The van der Waals surface area contributed by atoms with Gasteiger partial charge in [-0.05, 0) is 57.7 Å². The van der Waals surface area contributed by atoms with Crippen molar-refractivity contribution in [3.05, 3.63) is 139 Å². The molecular weight excluding hydrogens is 757 g/mol. The summed E-state index contributed by atoms with van der Waals surface area (Å²) in [6, 6.07) is 41.8. The van der Waals surface area contributed by atoms with Gasteiger partial charge in [-0.15, -0.1) is 54.1 Å². The molecule has 7 aromatic rings. The zero-order valence-corrected chi connectivity index (χ0v) is 30.6. The smallest absolute Gasteiger partial charge is 0.121 e. The van der Waals surface area contributed by atoms with Crippen molar-refractivity contribution in [2.45, 2.75) is 46.3 Å². The predicted molar refractivity (Wildman–Crippen MR) is 192 cm³/mol. The van der Waals surface area contributed by atoms with E-state index in [-0.39, 0.29) is 20.1 Å². The molecular formula is C41H38IrN2OSi-2. The second-order valence-corrected chi connectivity index (χ2v) is 17.9. The van der Waals surface area contributed by atoms with Gasteiger partial charge in [0.2, 0.25) is 0 Å². The van der Waals surface area contributed by atoms with Crippen LogP contribution in [-0.2, 0) is 20.1 Å². The minimum absolute atomic E-state index is 0. The molecule has 0 aliphatic rings. The number of benzene rings is 4. The van der Waals surface area contributed by atoms with E-state index in [1.165, 1.54) is 27.4 Å². The van der Waals surface area contributed by atoms with Crippen LogP contribution in [0, 0.1) is 19.1 Å². The summed E-state index contributed by atoms with van der Waals surface area (Å²) in [5.74, 6) is 0.441. The third kappa shape index (κ3) is 6.98. The Labute approximate surface area is 287 Å². The molecule has 0 atom stereocenters. The van der Waals surface area contributed by atoms with Crippen LogP contribution in [0.1, 0.15) is 30.9 Å². The molecule has 0 fully saturated rings. The van der Waals surface area contributed by atoms with Crippen LogP contribution in [0.25, 0.3) is 55.6 Å². The van der Waals surface area contributed by atoms with Gasteiger partial charge >= 0.3 is 0 Å². The maximum absolute atomic E-state index is 6.36.